The monoisotopic (exact) mass is 299 g/mol. The summed E-state index contributed by atoms with van der Waals surface area (Å²) < 4.78 is 6.69. The van der Waals surface area contributed by atoms with Crippen LogP contribution in [0.1, 0.15) is 44.7 Å². The van der Waals surface area contributed by atoms with Crippen LogP contribution in [0.5, 0.6) is 5.75 Å². The highest BCUT2D eigenvalue weighted by Crippen LogP contribution is 2.29. The molecule has 1 aromatic carbocycles. The normalized spacial score (nSPS) is 12.5. The SMILES string of the molecule is CCCOc1ccc(C(CCC)NC)cc1Br. The van der Waals surface area contributed by atoms with Crippen LogP contribution in [0.2, 0.25) is 0 Å². The van der Waals surface area contributed by atoms with E-state index in [2.05, 4.69) is 53.3 Å². The fourth-order valence-electron chi connectivity index (χ4n) is 1.83. The maximum atomic E-state index is 5.65. The van der Waals surface area contributed by atoms with Crippen LogP contribution >= 0.6 is 15.9 Å². The van der Waals surface area contributed by atoms with Crippen molar-refractivity contribution in [2.24, 2.45) is 0 Å². The second-order valence-corrected chi connectivity index (χ2v) is 5.02. The Kier molecular flexibility index (Phi) is 6.60. The first-order valence-electron chi connectivity index (χ1n) is 6.32. The molecular weight excluding hydrogens is 278 g/mol. The Balaban J connectivity index is 2.79. The largest absolute Gasteiger partial charge is 0.492 e. The minimum absolute atomic E-state index is 0.427. The van der Waals surface area contributed by atoms with Crippen molar-refractivity contribution in [2.45, 2.75) is 39.2 Å². The summed E-state index contributed by atoms with van der Waals surface area (Å²) in [4.78, 5) is 0. The highest BCUT2D eigenvalue weighted by molar-refractivity contribution is 9.10. The number of hydrogen-bond acceptors (Lipinski definition) is 2. The second-order valence-electron chi connectivity index (χ2n) is 4.17. The van der Waals surface area contributed by atoms with E-state index in [-0.39, 0.29) is 0 Å². The van der Waals surface area contributed by atoms with Gasteiger partial charge in [0.05, 0.1) is 11.1 Å². The number of halogens is 1. The number of ether oxygens (including phenoxy) is 1. The molecule has 0 aliphatic rings. The molecular formula is C14H22BrNO. The highest BCUT2D eigenvalue weighted by Gasteiger charge is 2.10. The summed E-state index contributed by atoms with van der Waals surface area (Å²) in [5, 5.41) is 3.35. The Morgan fingerprint density at radius 3 is 2.59 bits per heavy atom. The van der Waals surface area contributed by atoms with Gasteiger partial charge in [-0.05, 0) is 53.5 Å². The van der Waals surface area contributed by atoms with Gasteiger partial charge in [0.25, 0.3) is 0 Å². The van der Waals surface area contributed by atoms with Gasteiger partial charge in [-0.3, -0.25) is 0 Å². The van der Waals surface area contributed by atoms with Crippen LogP contribution in [-0.4, -0.2) is 13.7 Å². The average molecular weight is 300 g/mol. The zero-order chi connectivity index (χ0) is 12.7. The van der Waals surface area contributed by atoms with Gasteiger partial charge in [0, 0.05) is 6.04 Å². The molecule has 0 spiro atoms. The Hall–Kier alpha value is -0.540. The second kappa shape index (κ2) is 7.72. The van der Waals surface area contributed by atoms with E-state index >= 15 is 0 Å². The van der Waals surface area contributed by atoms with Crippen LogP contribution in [0.3, 0.4) is 0 Å². The van der Waals surface area contributed by atoms with Crippen LogP contribution in [0.15, 0.2) is 22.7 Å². The first kappa shape index (κ1) is 14.5. The predicted molar refractivity (Wildman–Crippen MR) is 76.6 cm³/mol. The zero-order valence-corrected chi connectivity index (χ0v) is 12.5. The van der Waals surface area contributed by atoms with Gasteiger partial charge in [-0.25, -0.2) is 0 Å². The summed E-state index contributed by atoms with van der Waals surface area (Å²) in [6.07, 6.45) is 3.36. The maximum absolute atomic E-state index is 5.65. The molecule has 0 heterocycles. The lowest BCUT2D eigenvalue weighted by Gasteiger charge is -2.17. The van der Waals surface area contributed by atoms with Crippen molar-refractivity contribution in [1.82, 2.24) is 5.32 Å². The molecule has 96 valence electrons. The van der Waals surface area contributed by atoms with E-state index in [1.807, 2.05) is 7.05 Å². The third-order valence-corrected chi connectivity index (χ3v) is 3.37. The van der Waals surface area contributed by atoms with Gasteiger partial charge in [0.1, 0.15) is 5.75 Å². The van der Waals surface area contributed by atoms with E-state index in [1.165, 1.54) is 12.0 Å². The lowest BCUT2D eigenvalue weighted by molar-refractivity contribution is 0.315. The molecule has 0 aliphatic heterocycles. The van der Waals surface area contributed by atoms with Crippen LogP contribution < -0.4 is 10.1 Å². The topological polar surface area (TPSA) is 21.3 Å². The van der Waals surface area contributed by atoms with Crippen molar-refractivity contribution in [3.05, 3.63) is 28.2 Å². The van der Waals surface area contributed by atoms with E-state index in [0.29, 0.717) is 6.04 Å². The van der Waals surface area contributed by atoms with Crippen LogP contribution in [0.4, 0.5) is 0 Å². The molecule has 1 aromatic rings. The summed E-state index contributed by atoms with van der Waals surface area (Å²) in [6, 6.07) is 6.78. The summed E-state index contributed by atoms with van der Waals surface area (Å²) in [5.41, 5.74) is 1.31. The molecule has 0 fully saturated rings. The van der Waals surface area contributed by atoms with E-state index in [1.54, 1.807) is 0 Å². The highest BCUT2D eigenvalue weighted by atomic mass is 79.9. The summed E-state index contributed by atoms with van der Waals surface area (Å²) in [5.74, 6) is 0.932. The van der Waals surface area contributed by atoms with E-state index in [4.69, 9.17) is 4.74 Å². The predicted octanol–water partition coefficient (Wildman–Crippen LogP) is 4.30. The molecule has 0 aromatic heterocycles. The standard InChI is InChI=1S/C14H22BrNO/c1-4-6-13(16-3)11-7-8-14(12(15)10-11)17-9-5-2/h7-8,10,13,16H,4-6,9H2,1-3H3. The van der Waals surface area contributed by atoms with Crippen LogP contribution in [-0.2, 0) is 0 Å². The first-order chi connectivity index (χ1) is 8.22. The minimum atomic E-state index is 0.427. The van der Waals surface area contributed by atoms with Gasteiger partial charge in [-0.15, -0.1) is 0 Å². The van der Waals surface area contributed by atoms with Crippen molar-refractivity contribution < 1.29 is 4.74 Å². The van der Waals surface area contributed by atoms with Gasteiger partial charge >= 0.3 is 0 Å². The molecule has 0 amide bonds. The Bertz CT molecular complexity index is 341. The smallest absolute Gasteiger partial charge is 0.133 e. The van der Waals surface area contributed by atoms with Gasteiger partial charge in [-0.1, -0.05) is 26.3 Å². The van der Waals surface area contributed by atoms with Crippen molar-refractivity contribution in [1.29, 1.82) is 0 Å². The molecule has 1 unspecified atom stereocenters. The summed E-state index contributed by atoms with van der Waals surface area (Å²) in [7, 11) is 2.01. The lowest BCUT2D eigenvalue weighted by Crippen LogP contribution is -2.16. The zero-order valence-electron chi connectivity index (χ0n) is 10.9. The third-order valence-electron chi connectivity index (χ3n) is 2.75. The maximum Gasteiger partial charge on any atom is 0.133 e. The first-order valence-corrected chi connectivity index (χ1v) is 7.11. The minimum Gasteiger partial charge on any atom is -0.492 e. The molecule has 0 saturated carbocycles. The molecule has 1 N–H and O–H groups in total. The Morgan fingerprint density at radius 1 is 1.29 bits per heavy atom. The quantitative estimate of drug-likeness (QED) is 0.810. The molecule has 0 radical (unpaired) electrons. The van der Waals surface area contributed by atoms with Crippen molar-refractivity contribution in [2.75, 3.05) is 13.7 Å². The van der Waals surface area contributed by atoms with E-state index in [9.17, 15) is 0 Å². The fraction of sp³-hybridized carbons (Fsp3) is 0.571. The lowest BCUT2D eigenvalue weighted by atomic mass is 10.0. The molecule has 3 heteroatoms. The molecule has 0 aliphatic carbocycles. The van der Waals surface area contributed by atoms with Crippen molar-refractivity contribution >= 4 is 15.9 Å². The number of nitrogens with one attached hydrogen (secondary N) is 1. The Morgan fingerprint density at radius 2 is 2.06 bits per heavy atom. The number of rotatable bonds is 7. The number of hydrogen-bond donors (Lipinski definition) is 1. The molecule has 2 nitrogen and oxygen atoms in total. The van der Waals surface area contributed by atoms with Gasteiger partial charge in [0.15, 0.2) is 0 Å². The van der Waals surface area contributed by atoms with Gasteiger partial charge < -0.3 is 10.1 Å². The molecule has 0 bridgehead atoms. The van der Waals surface area contributed by atoms with Gasteiger partial charge in [0.2, 0.25) is 0 Å². The van der Waals surface area contributed by atoms with E-state index < -0.39 is 0 Å². The summed E-state index contributed by atoms with van der Waals surface area (Å²) >= 11 is 3.57. The fourth-order valence-corrected chi connectivity index (χ4v) is 2.34. The van der Waals surface area contributed by atoms with Crippen LogP contribution in [0.25, 0.3) is 0 Å². The average Bonchev–Trinajstić information content (AvgIpc) is 2.34. The third kappa shape index (κ3) is 4.32. The Labute approximate surface area is 113 Å². The van der Waals surface area contributed by atoms with Gasteiger partial charge in [-0.2, -0.15) is 0 Å². The molecule has 0 saturated heterocycles. The van der Waals surface area contributed by atoms with Crippen LogP contribution in [0, 0.1) is 0 Å². The van der Waals surface area contributed by atoms with E-state index in [0.717, 1.165) is 29.7 Å². The van der Waals surface area contributed by atoms with Crippen molar-refractivity contribution in [3.8, 4) is 5.75 Å². The van der Waals surface area contributed by atoms with Crippen molar-refractivity contribution in [3.63, 3.8) is 0 Å². The number of benzene rings is 1. The molecule has 17 heavy (non-hydrogen) atoms. The summed E-state index contributed by atoms with van der Waals surface area (Å²) in [6.45, 7) is 5.08. The molecule has 1 rings (SSSR count). The molecule has 1 atom stereocenters.